The highest BCUT2D eigenvalue weighted by Crippen LogP contribution is 2.41. The van der Waals surface area contributed by atoms with Gasteiger partial charge in [-0.25, -0.2) is 0 Å². The van der Waals surface area contributed by atoms with E-state index in [-0.39, 0.29) is 17.0 Å². The van der Waals surface area contributed by atoms with Gasteiger partial charge in [0.15, 0.2) is 0 Å². The molecule has 0 bridgehead atoms. The first-order chi connectivity index (χ1) is 14.9. The summed E-state index contributed by atoms with van der Waals surface area (Å²) in [4.78, 5) is 13.6. The van der Waals surface area contributed by atoms with Gasteiger partial charge in [-0.1, -0.05) is 59.6 Å². The molecule has 0 aliphatic carbocycles. The summed E-state index contributed by atoms with van der Waals surface area (Å²) in [6.45, 7) is 2.35. The van der Waals surface area contributed by atoms with E-state index in [1.54, 1.807) is 28.8 Å². The average Bonchev–Trinajstić information content (AvgIpc) is 2.75. The third-order valence-electron chi connectivity index (χ3n) is 5.43. The quantitative estimate of drug-likeness (QED) is 0.609. The lowest BCUT2D eigenvalue weighted by atomic mass is 9.84. The van der Waals surface area contributed by atoms with Crippen LogP contribution in [-0.4, -0.2) is 4.57 Å². The summed E-state index contributed by atoms with van der Waals surface area (Å²) in [6.07, 6.45) is 0.696. The Hall–Kier alpha value is -3.20. The van der Waals surface area contributed by atoms with Gasteiger partial charge in [0, 0.05) is 18.3 Å². The van der Waals surface area contributed by atoms with Crippen molar-refractivity contribution in [1.82, 2.24) is 4.57 Å². The minimum absolute atomic E-state index is 0.0214. The molecule has 3 aromatic rings. The van der Waals surface area contributed by atoms with E-state index in [9.17, 15) is 10.1 Å². The van der Waals surface area contributed by atoms with Gasteiger partial charge in [-0.2, -0.15) is 5.26 Å². The van der Waals surface area contributed by atoms with Crippen LogP contribution in [-0.2, 0) is 13.0 Å². The number of hydrogen-bond acceptors (Lipinski definition) is 4. The van der Waals surface area contributed by atoms with Gasteiger partial charge in [0.05, 0.1) is 21.5 Å². The summed E-state index contributed by atoms with van der Waals surface area (Å²) in [6, 6.07) is 18.9. The van der Waals surface area contributed by atoms with Crippen LogP contribution in [0.15, 0.2) is 70.8 Å². The summed E-state index contributed by atoms with van der Waals surface area (Å²) < 4.78 is 7.39. The highest BCUT2D eigenvalue weighted by Gasteiger charge is 2.34. The van der Waals surface area contributed by atoms with Crippen LogP contribution in [0, 0.1) is 18.3 Å². The van der Waals surface area contributed by atoms with Crippen LogP contribution in [0.3, 0.4) is 0 Å². The third kappa shape index (κ3) is 3.93. The molecule has 7 heteroatoms. The molecule has 31 heavy (non-hydrogen) atoms. The van der Waals surface area contributed by atoms with Gasteiger partial charge in [-0.15, -0.1) is 0 Å². The minimum Gasteiger partial charge on any atom is -0.440 e. The van der Waals surface area contributed by atoms with E-state index in [4.69, 9.17) is 33.7 Å². The van der Waals surface area contributed by atoms with Crippen molar-refractivity contribution in [2.45, 2.75) is 25.8 Å². The van der Waals surface area contributed by atoms with E-state index in [0.717, 1.165) is 11.3 Å². The molecule has 0 saturated carbocycles. The summed E-state index contributed by atoms with van der Waals surface area (Å²) in [5.74, 6) is -0.363. The monoisotopic (exact) mass is 451 g/mol. The van der Waals surface area contributed by atoms with E-state index in [1.165, 1.54) is 0 Å². The number of fused-ring (bicyclic) bond motifs is 1. The van der Waals surface area contributed by atoms with E-state index in [1.807, 2.05) is 37.3 Å². The van der Waals surface area contributed by atoms with Crippen LogP contribution in [0.1, 0.15) is 28.3 Å². The molecule has 2 heterocycles. The Morgan fingerprint density at radius 1 is 1.13 bits per heavy atom. The fraction of sp³-hybridized carbons (Fsp3) is 0.167. The molecule has 156 valence electrons. The first-order valence-corrected chi connectivity index (χ1v) is 10.5. The van der Waals surface area contributed by atoms with Gasteiger partial charge in [0.2, 0.25) is 5.88 Å². The number of nitrogens with two attached hydrogens (primary N) is 1. The number of benzene rings is 2. The molecule has 1 aromatic heterocycles. The second-order valence-electron chi connectivity index (χ2n) is 7.35. The van der Waals surface area contributed by atoms with Gasteiger partial charge < -0.3 is 15.0 Å². The topological polar surface area (TPSA) is 81.0 Å². The molecule has 5 nitrogen and oxygen atoms in total. The van der Waals surface area contributed by atoms with Crippen LogP contribution in [0.2, 0.25) is 10.0 Å². The SMILES string of the molecule is Cc1cc2c(c(=O)n1CCc1ccccc1)[C@H](c1ccc(Cl)c(Cl)c1)C(C#N)=C(N)O2. The van der Waals surface area contributed by atoms with Crippen molar-refractivity contribution in [2.75, 3.05) is 0 Å². The molecule has 1 atom stereocenters. The Labute approximate surface area is 189 Å². The largest absolute Gasteiger partial charge is 0.440 e. The second-order valence-corrected chi connectivity index (χ2v) is 8.17. The molecule has 0 fully saturated rings. The summed E-state index contributed by atoms with van der Waals surface area (Å²) in [5.41, 5.74) is 8.88. The molecule has 0 amide bonds. The van der Waals surface area contributed by atoms with E-state index in [0.29, 0.717) is 39.9 Å². The molecule has 4 rings (SSSR count). The van der Waals surface area contributed by atoms with E-state index >= 15 is 0 Å². The molecule has 1 aliphatic heterocycles. The van der Waals surface area contributed by atoms with Crippen LogP contribution < -0.4 is 16.0 Å². The first-order valence-electron chi connectivity index (χ1n) is 9.71. The minimum atomic E-state index is -0.695. The summed E-state index contributed by atoms with van der Waals surface area (Å²) in [7, 11) is 0. The Morgan fingerprint density at radius 3 is 2.55 bits per heavy atom. The predicted molar refractivity (Wildman–Crippen MR) is 121 cm³/mol. The standard InChI is InChI=1S/C24H19Cl2N3O2/c1-14-11-20-22(24(30)29(14)10-9-15-5-3-2-4-6-15)21(17(13-27)23(28)31-20)16-7-8-18(25)19(26)12-16/h2-8,11-12,21H,9-10,28H2,1H3/t21-/m1/s1. The van der Waals surface area contributed by atoms with Crippen LogP contribution in [0.5, 0.6) is 5.75 Å². The number of pyridine rings is 1. The van der Waals surface area contributed by atoms with Crippen molar-refractivity contribution >= 4 is 23.2 Å². The van der Waals surface area contributed by atoms with Crippen molar-refractivity contribution in [3.63, 3.8) is 0 Å². The molecule has 0 spiro atoms. The number of nitriles is 1. The normalized spacial score (nSPS) is 15.2. The molecular formula is C24H19Cl2N3O2. The predicted octanol–water partition coefficient (Wildman–Crippen LogP) is 4.92. The number of rotatable bonds is 4. The van der Waals surface area contributed by atoms with Crippen molar-refractivity contribution in [1.29, 1.82) is 5.26 Å². The van der Waals surface area contributed by atoms with Crippen molar-refractivity contribution < 1.29 is 4.74 Å². The number of ether oxygens (including phenoxy) is 1. The molecule has 2 aromatic carbocycles. The molecule has 0 saturated heterocycles. The Bertz CT molecular complexity index is 1290. The molecule has 2 N–H and O–H groups in total. The fourth-order valence-electron chi connectivity index (χ4n) is 3.87. The fourth-order valence-corrected chi connectivity index (χ4v) is 4.18. The van der Waals surface area contributed by atoms with Crippen molar-refractivity contribution in [2.24, 2.45) is 5.73 Å². The summed E-state index contributed by atoms with van der Waals surface area (Å²) in [5, 5.41) is 10.5. The maximum atomic E-state index is 13.6. The lowest BCUT2D eigenvalue weighted by Gasteiger charge is -2.27. The average molecular weight is 452 g/mol. The second kappa shape index (κ2) is 8.50. The molecule has 0 radical (unpaired) electrons. The van der Waals surface area contributed by atoms with Gasteiger partial charge in [-0.05, 0) is 36.6 Å². The Morgan fingerprint density at radius 2 is 1.87 bits per heavy atom. The van der Waals surface area contributed by atoms with Crippen molar-refractivity contribution in [3.05, 3.63) is 109 Å². The van der Waals surface area contributed by atoms with Crippen LogP contribution in [0.4, 0.5) is 0 Å². The van der Waals surface area contributed by atoms with Gasteiger partial charge >= 0.3 is 0 Å². The lowest BCUT2D eigenvalue weighted by Crippen LogP contribution is -2.33. The highest BCUT2D eigenvalue weighted by atomic mass is 35.5. The first kappa shape index (κ1) is 21.0. The zero-order valence-corrected chi connectivity index (χ0v) is 18.2. The Balaban J connectivity index is 1.85. The highest BCUT2D eigenvalue weighted by molar-refractivity contribution is 6.42. The maximum absolute atomic E-state index is 13.6. The third-order valence-corrected chi connectivity index (χ3v) is 6.17. The van der Waals surface area contributed by atoms with Crippen LogP contribution in [0.25, 0.3) is 0 Å². The van der Waals surface area contributed by atoms with Gasteiger partial charge in [0.1, 0.15) is 17.4 Å². The molecular weight excluding hydrogens is 433 g/mol. The zero-order chi connectivity index (χ0) is 22.1. The number of hydrogen-bond donors (Lipinski definition) is 1. The Kier molecular flexibility index (Phi) is 5.77. The van der Waals surface area contributed by atoms with E-state index < -0.39 is 5.92 Å². The summed E-state index contributed by atoms with van der Waals surface area (Å²) >= 11 is 12.3. The van der Waals surface area contributed by atoms with E-state index in [2.05, 4.69) is 6.07 Å². The maximum Gasteiger partial charge on any atom is 0.258 e. The lowest BCUT2D eigenvalue weighted by molar-refractivity contribution is 0.388. The number of allylic oxidation sites excluding steroid dienone is 1. The number of aromatic nitrogens is 1. The van der Waals surface area contributed by atoms with Gasteiger partial charge in [0.25, 0.3) is 5.56 Å². The molecule has 0 unspecified atom stereocenters. The number of halogens is 2. The molecule has 1 aliphatic rings. The van der Waals surface area contributed by atoms with Gasteiger partial charge in [-0.3, -0.25) is 4.79 Å². The zero-order valence-electron chi connectivity index (χ0n) is 16.7. The van der Waals surface area contributed by atoms with Crippen LogP contribution >= 0.6 is 23.2 Å². The number of nitrogens with zero attached hydrogens (tertiary/aromatic N) is 2. The number of aryl methyl sites for hydroxylation is 2. The smallest absolute Gasteiger partial charge is 0.258 e. The van der Waals surface area contributed by atoms with Crippen molar-refractivity contribution in [3.8, 4) is 11.8 Å².